The minimum absolute atomic E-state index is 0.430. The number of hydrogen-bond acceptors (Lipinski definition) is 7. The average Bonchev–Trinajstić information content (AvgIpc) is 3.11. The molecule has 0 spiro atoms. The van der Waals surface area contributed by atoms with Crippen LogP contribution in [0.5, 0.6) is 5.75 Å². The number of ether oxygens (including phenoxy) is 1. The van der Waals surface area contributed by atoms with Gasteiger partial charge >= 0.3 is 0 Å². The van der Waals surface area contributed by atoms with Crippen LogP contribution >= 0.6 is 23.4 Å². The molecular formula is C20H23ClN4O2S. The van der Waals surface area contributed by atoms with Crippen LogP contribution in [0.15, 0.2) is 40.0 Å². The number of aromatic nitrogens is 3. The van der Waals surface area contributed by atoms with Gasteiger partial charge in [-0.15, -0.1) is 10.2 Å². The van der Waals surface area contributed by atoms with Crippen molar-refractivity contribution in [2.45, 2.75) is 31.4 Å². The molecule has 1 aromatic carbocycles. The highest BCUT2D eigenvalue weighted by molar-refractivity contribution is 7.99. The third-order valence-corrected chi connectivity index (χ3v) is 5.87. The Kier molecular flexibility index (Phi) is 6.22. The summed E-state index contributed by atoms with van der Waals surface area (Å²) < 4.78 is 11.7. The lowest BCUT2D eigenvalue weighted by Crippen LogP contribution is -2.34. The van der Waals surface area contributed by atoms with E-state index in [1.165, 1.54) is 0 Å². The van der Waals surface area contributed by atoms with Gasteiger partial charge < -0.3 is 14.1 Å². The molecule has 0 radical (unpaired) electrons. The van der Waals surface area contributed by atoms with Gasteiger partial charge in [0.25, 0.3) is 5.22 Å². The molecule has 148 valence electrons. The Morgan fingerprint density at radius 2 is 2.07 bits per heavy atom. The fourth-order valence-electron chi connectivity index (χ4n) is 3.43. The zero-order valence-electron chi connectivity index (χ0n) is 15.8. The second-order valence-corrected chi connectivity index (χ2v) is 8.43. The summed E-state index contributed by atoms with van der Waals surface area (Å²) in [4.78, 5) is 6.72. The van der Waals surface area contributed by atoms with Crippen LogP contribution in [-0.4, -0.2) is 40.6 Å². The Labute approximate surface area is 173 Å². The van der Waals surface area contributed by atoms with E-state index in [2.05, 4.69) is 27.0 Å². The monoisotopic (exact) mass is 418 g/mol. The highest BCUT2D eigenvalue weighted by atomic mass is 35.5. The van der Waals surface area contributed by atoms with E-state index in [-0.39, 0.29) is 0 Å². The molecule has 0 amide bonds. The standard InChI is InChI=1S/C20H23ClN4O2S/c1-2-28-20-22-16-4-3-15(13-17(16)27-20)26-12-9-14-7-10-25(11-8-14)19-6-5-18(21)23-24-19/h3-6,13-14H,2,7-12H2,1H3. The van der Waals surface area contributed by atoms with Crippen LogP contribution in [0, 0.1) is 5.92 Å². The van der Waals surface area contributed by atoms with Crippen molar-refractivity contribution in [1.82, 2.24) is 15.2 Å². The molecule has 0 unspecified atom stereocenters. The van der Waals surface area contributed by atoms with E-state index < -0.39 is 0 Å². The van der Waals surface area contributed by atoms with Crippen molar-refractivity contribution < 1.29 is 9.15 Å². The SMILES string of the molecule is CCSc1nc2ccc(OCCC3CCN(c4ccc(Cl)nn4)CC3)cc2o1. The van der Waals surface area contributed by atoms with E-state index in [1.54, 1.807) is 17.8 Å². The van der Waals surface area contributed by atoms with Gasteiger partial charge in [0.05, 0.1) is 6.61 Å². The van der Waals surface area contributed by atoms with Gasteiger partial charge in [-0.2, -0.15) is 0 Å². The fourth-order valence-corrected chi connectivity index (χ4v) is 4.09. The lowest BCUT2D eigenvalue weighted by atomic mass is 9.94. The van der Waals surface area contributed by atoms with Crippen LogP contribution in [0.3, 0.4) is 0 Å². The first-order valence-corrected chi connectivity index (χ1v) is 11.0. The number of piperidine rings is 1. The molecule has 1 fully saturated rings. The summed E-state index contributed by atoms with van der Waals surface area (Å²) in [6.45, 7) is 4.77. The van der Waals surface area contributed by atoms with Crippen LogP contribution in [0.1, 0.15) is 26.2 Å². The lowest BCUT2D eigenvalue weighted by molar-refractivity contribution is 0.258. The van der Waals surface area contributed by atoms with E-state index in [0.29, 0.717) is 22.9 Å². The largest absolute Gasteiger partial charge is 0.493 e. The molecule has 0 atom stereocenters. The molecule has 3 heterocycles. The Hall–Kier alpha value is -1.99. The summed E-state index contributed by atoms with van der Waals surface area (Å²) in [6.07, 6.45) is 3.31. The second kappa shape index (κ2) is 9.01. The summed E-state index contributed by atoms with van der Waals surface area (Å²) in [5.41, 5.74) is 1.66. The Morgan fingerprint density at radius 3 is 2.82 bits per heavy atom. The molecule has 1 aliphatic rings. The van der Waals surface area contributed by atoms with E-state index in [9.17, 15) is 0 Å². The number of oxazole rings is 1. The van der Waals surface area contributed by atoms with Gasteiger partial charge in [0, 0.05) is 19.2 Å². The number of nitrogens with zero attached hydrogens (tertiary/aromatic N) is 4. The lowest BCUT2D eigenvalue weighted by Gasteiger charge is -2.32. The molecule has 2 aromatic heterocycles. The van der Waals surface area contributed by atoms with Crippen LogP contribution in [-0.2, 0) is 0 Å². The first kappa shape index (κ1) is 19.3. The van der Waals surface area contributed by atoms with Crippen molar-refractivity contribution in [1.29, 1.82) is 0 Å². The number of fused-ring (bicyclic) bond motifs is 1. The quantitative estimate of drug-likeness (QED) is 0.496. The normalized spacial score (nSPS) is 15.3. The molecule has 28 heavy (non-hydrogen) atoms. The number of benzene rings is 1. The van der Waals surface area contributed by atoms with Gasteiger partial charge in [0.2, 0.25) is 0 Å². The van der Waals surface area contributed by atoms with E-state index >= 15 is 0 Å². The summed E-state index contributed by atoms with van der Waals surface area (Å²) >= 11 is 7.42. The van der Waals surface area contributed by atoms with E-state index in [1.807, 2.05) is 24.3 Å². The molecule has 3 aromatic rings. The van der Waals surface area contributed by atoms with Crippen molar-refractivity contribution in [2.24, 2.45) is 5.92 Å². The summed E-state index contributed by atoms with van der Waals surface area (Å²) in [5.74, 6) is 3.35. The van der Waals surface area contributed by atoms with Crippen molar-refractivity contribution >= 4 is 40.3 Å². The second-order valence-electron chi connectivity index (χ2n) is 6.82. The molecule has 0 N–H and O–H groups in total. The maximum atomic E-state index is 5.97. The topological polar surface area (TPSA) is 64.3 Å². The maximum Gasteiger partial charge on any atom is 0.256 e. The molecule has 1 saturated heterocycles. The number of anilines is 1. The molecule has 6 nitrogen and oxygen atoms in total. The number of thioether (sulfide) groups is 1. The van der Waals surface area contributed by atoms with Crippen molar-refractivity contribution in [3.05, 3.63) is 35.5 Å². The highest BCUT2D eigenvalue weighted by Gasteiger charge is 2.20. The van der Waals surface area contributed by atoms with Crippen LogP contribution < -0.4 is 9.64 Å². The van der Waals surface area contributed by atoms with Gasteiger partial charge in [-0.25, -0.2) is 4.98 Å². The minimum atomic E-state index is 0.430. The van der Waals surface area contributed by atoms with Gasteiger partial charge in [-0.1, -0.05) is 30.3 Å². The summed E-state index contributed by atoms with van der Waals surface area (Å²) in [5, 5.41) is 9.25. The Morgan fingerprint density at radius 1 is 1.21 bits per heavy atom. The zero-order valence-corrected chi connectivity index (χ0v) is 17.4. The Bertz CT molecular complexity index is 910. The van der Waals surface area contributed by atoms with Gasteiger partial charge in [-0.3, -0.25) is 0 Å². The number of rotatable bonds is 7. The molecule has 1 aliphatic heterocycles. The number of halogens is 1. The highest BCUT2D eigenvalue weighted by Crippen LogP contribution is 2.27. The molecule has 4 rings (SSSR count). The molecule has 0 bridgehead atoms. The molecule has 0 aliphatic carbocycles. The average molecular weight is 419 g/mol. The third-order valence-electron chi connectivity index (χ3n) is 4.96. The smallest absolute Gasteiger partial charge is 0.256 e. The van der Waals surface area contributed by atoms with Crippen molar-refractivity contribution in [2.75, 3.05) is 30.3 Å². The third kappa shape index (κ3) is 4.70. The van der Waals surface area contributed by atoms with Crippen LogP contribution in [0.2, 0.25) is 5.15 Å². The first-order valence-electron chi connectivity index (χ1n) is 9.61. The van der Waals surface area contributed by atoms with Crippen LogP contribution in [0.4, 0.5) is 5.82 Å². The van der Waals surface area contributed by atoms with E-state index in [0.717, 1.165) is 60.8 Å². The van der Waals surface area contributed by atoms with Crippen molar-refractivity contribution in [3.63, 3.8) is 0 Å². The maximum absolute atomic E-state index is 5.97. The summed E-state index contributed by atoms with van der Waals surface area (Å²) in [6, 6.07) is 9.58. The molecule has 8 heteroatoms. The Balaban J connectivity index is 1.24. The molecule has 0 saturated carbocycles. The van der Waals surface area contributed by atoms with Gasteiger partial charge in [0.15, 0.2) is 16.6 Å². The van der Waals surface area contributed by atoms with E-state index in [4.69, 9.17) is 20.8 Å². The predicted molar refractivity (Wildman–Crippen MR) is 112 cm³/mol. The fraction of sp³-hybridized carbons (Fsp3) is 0.450. The number of hydrogen-bond donors (Lipinski definition) is 0. The minimum Gasteiger partial charge on any atom is -0.493 e. The summed E-state index contributed by atoms with van der Waals surface area (Å²) in [7, 11) is 0. The zero-order chi connectivity index (χ0) is 19.3. The van der Waals surface area contributed by atoms with Gasteiger partial charge in [0.1, 0.15) is 11.3 Å². The van der Waals surface area contributed by atoms with Crippen LogP contribution in [0.25, 0.3) is 11.1 Å². The predicted octanol–water partition coefficient (Wildman–Crippen LogP) is 5.07. The molecular weight excluding hydrogens is 396 g/mol. The first-order chi connectivity index (χ1) is 13.7. The van der Waals surface area contributed by atoms with Gasteiger partial charge in [-0.05, 0) is 55.2 Å². The van der Waals surface area contributed by atoms with Crippen molar-refractivity contribution in [3.8, 4) is 5.75 Å².